The van der Waals surface area contributed by atoms with E-state index in [0.29, 0.717) is 46.0 Å². The summed E-state index contributed by atoms with van der Waals surface area (Å²) in [6.07, 6.45) is 3.55. The minimum atomic E-state index is -1.02. The van der Waals surface area contributed by atoms with Gasteiger partial charge in [-0.05, 0) is 52.2 Å². The largest absolute Gasteiger partial charge is 0.491 e. The number of nitrogens with one attached hydrogen (secondary N) is 1. The molecule has 3 heterocycles. The summed E-state index contributed by atoms with van der Waals surface area (Å²) in [7, 11) is 1.74. The normalized spacial score (nSPS) is 18.3. The van der Waals surface area contributed by atoms with Crippen molar-refractivity contribution >= 4 is 21.8 Å². The Labute approximate surface area is 169 Å². The van der Waals surface area contributed by atoms with Crippen LogP contribution in [0.25, 0.3) is 0 Å². The van der Waals surface area contributed by atoms with Gasteiger partial charge in [-0.2, -0.15) is 0 Å². The van der Waals surface area contributed by atoms with Gasteiger partial charge >= 0.3 is 0 Å². The van der Waals surface area contributed by atoms with Crippen molar-refractivity contribution in [2.45, 2.75) is 18.9 Å². The van der Waals surface area contributed by atoms with Crippen molar-refractivity contribution in [3.63, 3.8) is 0 Å². The summed E-state index contributed by atoms with van der Waals surface area (Å²) >= 11 is 3.30. The van der Waals surface area contributed by atoms with Crippen LogP contribution < -0.4 is 10.1 Å². The van der Waals surface area contributed by atoms with Crippen molar-refractivity contribution in [3.8, 4) is 5.75 Å². The first-order chi connectivity index (χ1) is 13.4. The lowest BCUT2D eigenvalue weighted by atomic mass is 9.81. The summed E-state index contributed by atoms with van der Waals surface area (Å²) in [4.78, 5) is 21.7. The molecule has 0 spiro atoms. The van der Waals surface area contributed by atoms with Crippen molar-refractivity contribution in [1.29, 1.82) is 0 Å². The van der Waals surface area contributed by atoms with Gasteiger partial charge in [0.25, 0.3) is 5.91 Å². The molecular weight excluding hydrogens is 427 g/mol. The zero-order valence-electron chi connectivity index (χ0n) is 15.4. The molecule has 0 aliphatic carbocycles. The van der Waals surface area contributed by atoms with Crippen LogP contribution in [0, 0.1) is 12.7 Å². The minimum Gasteiger partial charge on any atom is -0.491 e. The van der Waals surface area contributed by atoms with E-state index in [1.165, 1.54) is 12.3 Å². The molecule has 1 aliphatic heterocycles. The number of ether oxygens (including phenoxy) is 1. The molecule has 0 unspecified atom stereocenters. The van der Waals surface area contributed by atoms with Crippen molar-refractivity contribution in [3.05, 3.63) is 75.8 Å². The van der Waals surface area contributed by atoms with Gasteiger partial charge in [-0.1, -0.05) is 12.1 Å². The third kappa shape index (κ3) is 2.97. The van der Waals surface area contributed by atoms with Gasteiger partial charge in [-0.25, -0.2) is 9.37 Å². The van der Waals surface area contributed by atoms with Gasteiger partial charge in [0.2, 0.25) is 0 Å². The number of fused-ring (bicyclic) bond motifs is 1. The quantitative estimate of drug-likeness (QED) is 0.671. The molecule has 28 heavy (non-hydrogen) atoms. The smallest absolute Gasteiger partial charge is 0.270 e. The Balaban J connectivity index is 1.87. The topological polar surface area (TPSA) is 69.0 Å². The number of pyridine rings is 1. The first-order valence-electron chi connectivity index (χ1n) is 8.77. The Morgan fingerprint density at radius 2 is 2.18 bits per heavy atom. The minimum absolute atomic E-state index is 0.333. The summed E-state index contributed by atoms with van der Waals surface area (Å²) in [6.45, 7) is 2.07. The summed E-state index contributed by atoms with van der Waals surface area (Å²) < 4.78 is 22.3. The number of hydrogen-bond donors (Lipinski definition) is 1. The summed E-state index contributed by atoms with van der Waals surface area (Å²) in [5.74, 6) is -0.0974. The van der Waals surface area contributed by atoms with Crippen LogP contribution in [0.4, 0.5) is 4.39 Å². The van der Waals surface area contributed by atoms with E-state index >= 15 is 0 Å². The number of nitrogens with zero attached hydrogens (tertiary/aromatic N) is 3. The Bertz CT molecular complexity index is 1070. The van der Waals surface area contributed by atoms with Gasteiger partial charge in [0, 0.05) is 19.7 Å². The molecule has 1 aromatic carbocycles. The Kier molecular flexibility index (Phi) is 4.66. The number of carbonyl (C=O) groups is 1. The molecule has 4 rings (SSSR count). The standard InChI is InChI=1S/C20H18BrFN4O2/c1-12-5-6-13(10-14(12)22)20(7-9-28-16-4-3-8-23-17(16)20)25-18(27)15-11-24-19(21)26(15)2/h3-6,8,10-11H,7,9H2,1-2H3,(H,25,27)/t20-/m0/s1. The Hall–Kier alpha value is -2.74. The van der Waals surface area contributed by atoms with Crippen molar-refractivity contribution < 1.29 is 13.9 Å². The van der Waals surface area contributed by atoms with Crippen LogP contribution >= 0.6 is 15.9 Å². The molecule has 0 radical (unpaired) electrons. The number of rotatable bonds is 3. The predicted octanol–water partition coefficient (Wildman–Crippen LogP) is 3.48. The molecule has 1 N–H and O–H groups in total. The SMILES string of the molecule is Cc1ccc([C@@]2(NC(=O)c3cnc(Br)n3C)CCOc3cccnc32)cc1F. The summed E-state index contributed by atoms with van der Waals surface area (Å²) in [5, 5.41) is 3.09. The van der Waals surface area contributed by atoms with Crippen molar-refractivity contribution in [1.82, 2.24) is 19.9 Å². The fourth-order valence-electron chi connectivity index (χ4n) is 3.45. The molecular formula is C20H18BrFN4O2. The lowest BCUT2D eigenvalue weighted by Gasteiger charge is -2.39. The van der Waals surface area contributed by atoms with Gasteiger partial charge < -0.3 is 14.6 Å². The molecule has 1 aliphatic rings. The molecule has 0 fully saturated rings. The fourth-order valence-corrected chi connectivity index (χ4v) is 3.74. The van der Waals surface area contributed by atoms with Crippen molar-refractivity contribution in [2.24, 2.45) is 7.05 Å². The van der Waals surface area contributed by atoms with E-state index in [-0.39, 0.29) is 11.7 Å². The molecule has 6 nitrogen and oxygen atoms in total. The Morgan fingerprint density at radius 3 is 2.89 bits per heavy atom. The van der Waals surface area contributed by atoms with Crippen molar-refractivity contribution in [2.75, 3.05) is 6.61 Å². The highest BCUT2D eigenvalue weighted by molar-refractivity contribution is 9.10. The third-order valence-corrected chi connectivity index (χ3v) is 5.80. The average molecular weight is 445 g/mol. The highest BCUT2D eigenvalue weighted by atomic mass is 79.9. The van der Waals surface area contributed by atoms with E-state index in [9.17, 15) is 9.18 Å². The second kappa shape index (κ2) is 7.01. The van der Waals surface area contributed by atoms with Crippen LogP contribution in [0.15, 0.2) is 47.5 Å². The highest BCUT2D eigenvalue weighted by Gasteiger charge is 2.43. The van der Waals surface area contributed by atoms with Crippen LogP contribution in [0.5, 0.6) is 5.75 Å². The number of carbonyl (C=O) groups excluding carboxylic acids is 1. The molecule has 0 bridgehead atoms. The average Bonchev–Trinajstić information content (AvgIpc) is 3.03. The molecule has 1 amide bonds. The van der Waals surface area contributed by atoms with E-state index in [4.69, 9.17) is 4.74 Å². The van der Waals surface area contributed by atoms with E-state index < -0.39 is 5.54 Å². The second-order valence-electron chi connectivity index (χ2n) is 6.74. The van der Waals surface area contributed by atoms with Gasteiger partial charge in [0.1, 0.15) is 28.5 Å². The molecule has 2 aromatic heterocycles. The van der Waals surface area contributed by atoms with Crippen LogP contribution in [0.2, 0.25) is 0 Å². The van der Waals surface area contributed by atoms with Crippen LogP contribution in [0.3, 0.4) is 0 Å². The number of amides is 1. The van der Waals surface area contributed by atoms with Gasteiger partial charge in [0.05, 0.1) is 12.8 Å². The molecule has 1 atom stereocenters. The molecule has 3 aromatic rings. The number of aromatic nitrogens is 3. The molecule has 0 saturated carbocycles. The molecule has 8 heteroatoms. The number of aryl methyl sites for hydroxylation is 1. The molecule has 0 saturated heterocycles. The highest BCUT2D eigenvalue weighted by Crippen LogP contribution is 2.41. The van der Waals surface area contributed by atoms with Gasteiger partial charge in [0.15, 0.2) is 4.73 Å². The van der Waals surface area contributed by atoms with Crippen LogP contribution in [-0.2, 0) is 12.6 Å². The Morgan fingerprint density at radius 1 is 1.36 bits per heavy atom. The number of imidazole rings is 1. The van der Waals surface area contributed by atoms with Gasteiger partial charge in [-0.15, -0.1) is 0 Å². The third-order valence-electron chi connectivity index (χ3n) is 5.07. The van der Waals surface area contributed by atoms with E-state index in [2.05, 4.69) is 31.2 Å². The zero-order valence-corrected chi connectivity index (χ0v) is 17.0. The predicted molar refractivity (Wildman–Crippen MR) is 105 cm³/mol. The zero-order chi connectivity index (χ0) is 19.9. The maximum absolute atomic E-state index is 14.4. The number of benzene rings is 1. The van der Waals surface area contributed by atoms with Crippen LogP contribution in [0.1, 0.15) is 33.7 Å². The summed E-state index contributed by atoms with van der Waals surface area (Å²) in [6, 6.07) is 8.55. The lowest BCUT2D eigenvalue weighted by Crippen LogP contribution is -2.50. The molecule has 144 valence electrons. The van der Waals surface area contributed by atoms with Crippen LogP contribution in [-0.4, -0.2) is 27.0 Å². The van der Waals surface area contributed by atoms with Gasteiger partial charge in [-0.3, -0.25) is 9.78 Å². The monoisotopic (exact) mass is 444 g/mol. The number of hydrogen-bond acceptors (Lipinski definition) is 4. The van der Waals surface area contributed by atoms with E-state index in [1.807, 2.05) is 6.07 Å². The fraction of sp³-hybridized carbons (Fsp3) is 0.250. The van der Waals surface area contributed by atoms with E-state index in [0.717, 1.165) is 0 Å². The maximum atomic E-state index is 14.4. The second-order valence-corrected chi connectivity index (χ2v) is 7.45. The maximum Gasteiger partial charge on any atom is 0.270 e. The summed E-state index contributed by atoms with van der Waals surface area (Å²) in [5.41, 5.74) is 1.07. The first kappa shape index (κ1) is 18.6. The lowest BCUT2D eigenvalue weighted by molar-refractivity contribution is 0.0875. The van der Waals surface area contributed by atoms with E-state index in [1.54, 1.807) is 42.9 Å². The first-order valence-corrected chi connectivity index (χ1v) is 9.56. The number of halogens is 2.